The maximum Gasteiger partial charge on any atom is 0.202 e. The van der Waals surface area contributed by atoms with Crippen LogP contribution in [0.5, 0.6) is 5.75 Å². The van der Waals surface area contributed by atoms with Gasteiger partial charge in [-0.3, -0.25) is 4.79 Å². The van der Waals surface area contributed by atoms with Crippen LogP contribution in [0.2, 0.25) is 5.02 Å². The van der Waals surface area contributed by atoms with Crippen molar-refractivity contribution in [3.05, 3.63) is 93.6 Å². The molecular formula is C22H16ClNO3. The molecule has 0 bridgehead atoms. The van der Waals surface area contributed by atoms with Crippen LogP contribution in [0.4, 0.5) is 5.88 Å². The van der Waals surface area contributed by atoms with Gasteiger partial charge < -0.3 is 14.9 Å². The molecule has 3 aromatic carbocycles. The summed E-state index contributed by atoms with van der Waals surface area (Å²) < 4.78 is 11.5. The largest absolute Gasteiger partial charge is 0.489 e. The maximum atomic E-state index is 12.9. The van der Waals surface area contributed by atoms with Crippen LogP contribution in [0, 0.1) is 0 Å². The minimum absolute atomic E-state index is 0.0648. The average molecular weight is 378 g/mol. The fraction of sp³-hybridized carbons (Fsp3) is 0.0455. The lowest BCUT2D eigenvalue weighted by Crippen LogP contribution is -2.09. The minimum Gasteiger partial charge on any atom is -0.489 e. The van der Waals surface area contributed by atoms with E-state index in [1.807, 2.05) is 30.3 Å². The van der Waals surface area contributed by atoms with Crippen LogP contribution in [-0.2, 0) is 6.61 Å². The molecule has 0 atom stereocenters. The second kappa shape index (κ2) is 7.17. The standard InChI is InChI=1S/C22H16ClNO3/c23-16-8-6-15(7-9-16)20-21(25)18-11-10-17(12-19(18)27-22(20)24)26-13-14-4-2-1-3-5-14/h1-12H,13,24H2. The van der Waals surface area contributed by atoms with Crippen molar-refractivity contribution < 1.29 is 9.15 Å². The van der Waals surface area contributed by atoms with Crippen molar-refractivity contribution >= 4 is 28.5 Å². The van der Waals surface area contributed by atoms with Crippen LogP contribution in [0.1, 0.15) is 5.56 Å². The zero-order valence-electron chi connectivity index (χ0n) is 14.3. The van der Waals surface area contributed by atoms with E-state index in [0.29, 0.717) is 39.5 Å². The summed E-state index contributed by atoms with van der Waals surface area (Å²) in [6.07, 6.45) is 0. The molecule has 0 saturated heterocycles. The van der Waals surface area contributed by atoms with Crippen LogP contribution >= 0.6 is 11.6 Å². The number of anilines is 1. The van der Waals surface area contributed by atoms with Gasteiger partial charge in [0.2, 0.25) is 11.3 Å². The first-order valence-electron chi connectivity index (χ1n) is 8.41. The third-order valence-electron chi connectivity index (χ3n) is 4.27. The van der Waals surface area contributed by atoms with E-state index in [4.69, 9.17) is 26.5 Å². The molecule has 134 valence electrons. The highest BCUT2D eigenvalue weighted by molar-refractivity contribution is 6.30. The van der Waals surface area contributed by atoms with Gasteiger partial charge in [0.25, 0.3) is 0 Å². The summed E-state index contributed by atoms with van der Waals surface area (Å²) in [5.41, 5.74) is 8.28. The lowest BCUT2D eigenvalue weighted by molar-refractivity contribution is 0.306. The lowest BCUT2D eigenvalue weighted by Gasteiger charge is -2.09. The third-order valence-corrected chi connectivity index (χ3v) is 4.52. The summed E-state index contributed by atoms with van der Waals surface area (Å²) in [5, 5.41) is 1.03. The maximum absolute atomic E-state index is 12.9. The second-order valence-corrected chi connectivity index (χ2v) is 6.55. The lowest BCUT2D eigenvalue weighted by atomic mass is 10.0. The predicted octanol–water partition coefficient (Wildman–Crippen LogP) is 5.27. The van der Waals surface area contributed by atoms with Crippen molar-refractivity contribution in [1.29, 1.82) is 0 Å². The van der Waals surface area contributed by atoms with Gasteiger partial charge in [-0.15, -0.1) is 0 Å². The normalized spacial score (nSPS) is 10.9. The zero-order chi connectivity index (χ0) is 18.8. The van der Waals surface area contributed by atoms with E-state index < -0.39 is 0 Å². The number of ether oxygens (including phenoxy) is 1. The fourth-order valence-electron chi connectivity index (χ4n) is 2.91. The summed E-state index contributed by atoms with van der Waals surface area (Å²) in [7, 11) is 0. The number of fused-ring (bicyclic) bond motifs is 1. The van der Waals surface area contributed by atoms with Crippen LogP contribution in [-0.4, -0.2) is 0 Å². The Kier molecular flexibility index (Phi) is 4.57. The van der Waals surface area contributed by atoms with Gasteiger partial charge in [0, 0.05) is 11.1 Å². The molecule has 0 unspecified atom stereocenters. The molecule has 1 aromatic heterocycles. The molecule has 4 aromatic rings. The molecule has 2 N–H and O–H groups in total. The SMILES string of the molecule is Nc1oc2cc(OCc3ccccc3)ccc2c(=O)c1-c1ccc(Cl)cc1. The molecule has 0 aliphatic carbocycles. The Morgan fingerprint density at radius 1 is 0.963 bits per heavy atom. The Bertz CT molecular complexity index is 1150. The second-order valence-electron chi connectivity index (χ2n) is 6.11. The monoisotopic (exact) mass is 377 g/mol. The zero-order valence-corrected chi connectivity index (χ0v) is 15.1. The first kappa shape index (κ1) is 17.2. The number of halogens is 1. The Balaban J connectivity index is 1.70. The van der Waals surface area contributed by atoms with Gasteiger partial charge in [0.15, 0.2) is 0 Å². The molecule has 0 radical (unpaired) electrons. The third kappa shape index (κ3) is 3.52. The van der Waals surface area contributed by atoms with Crippen molar-refractivity contribution in [2.45, 2.75) is 6.61 Å². The van der Waals surface area contributed by atoms with Crippen molar-refractivity contribution in [2.24, 2.45) is 0 Å². The minimum atomic E-state index is -0.189. The molecule has 5 heteroatoms. The van der Waals surface area contributed by atoms with E-state index in [0.717, 1.165) is 5.56 Å². The van der Waals surface area contributed by atoms with Gasteiger partial charge in [-0.25, -0.2) is 0 Å². The predicted molar refractivity (Wildman–Crippen MR) is 108 cm³/mol. The molecule has 0 spiro atoms. The van der Waals surface area contributed by atoms with E-state index in [1.54, 1.807) is 42.5 Å². The van der Waals surface area contributed by atoms with E-state index in [2.05, 4.69) is 0 Å². The Labute approximate surface area is 160 Å². The number of nitrogens with two attached hydrogens (primary N) is 1. The quantitative estimate of drug-likeness (QED) is 0.525. The van der Waals surface area contributed by atoms with Crippen molar-refractivity contribution in [1.82, 2.24) is 0 Å². The molecule has 1 heterocycles. The highest BCUT2D eigenvalue weighted by Crippen LogP contribution is 2.29. The van der Waals surface area contributed by atoms with Crippen LogP contribution in [0.15, 0.2) is 82.0 Å². The average Bonchev–Trinajstić information content (AvgIpc) is 2.68. The van der Waals surface area contributed by atoms with Gasteiger partial charge in [0.05, 0.1) is 10.9 Å². The van der Waals surface area contributed by atoms with Gasteiger partial charge in [-0.05, 0) is 35.4 Å². The molecule has 27 heavy (non-hydrogen) atoms. The number of hydrogen-bond acceptors (Lipinski definition) is 4. The van der Waals surface area contributed by atoms with Crippen LogP contribution < -0.4 is 15.9 Å². The molecule has 0 aliphatic rings. The van der Waals surface area contributed by atoms with E-state index in [1.165, 1.54) is 0 Å². The van der Waals surface area contributed by atoms with Crippen LogP contribution in [0.3, 0.4) is 0 Å². The topological polar surface area (TPSA) is 65.5 Å². The molecule has 4 rings (SSSR count). The number of benzene rings is 3. The molecule has 4 nitrogen and oxygen atoms in total. The van der Waals surface area contributed by atoms with Gasteiger partial charge in [-0.2, -0.15) is 0 Å². The summed E-state index contributed by atoms with van der Waals surface area (Å²) in [6, 6.07) is 21.9. The van der Waals surface area contributed by atoms with Crippen molar-refractivity contribution in [2.75, 3.05) is 5.73 Å². The smallest absolute Gasteiger partial charge is 0.202 e. The molecular weight excluding hydrogens is 362 g/mol. The Morgan fingerprint density at radius 3 is 2.44 bits per heavy atom. The number of hydrogen-bond donors (Lipinski definition) is 1. The van der Waals surface area contributed by atoms with E-state index >= 15 is 0 Å². The highest BCUT2D eigenvalue weighted by Gasteiger charge is 2.15. The summed E-state index contributed by atoms with van der Waals surface area (Å²) in [5.74, 6) is 0.670. The fourth-order valence-corrected chi connectivity index (χ4v) is 3.04. The number of nitrogen functional groups attached to an aromatic ring is 1. The summed E-state index contributed by atoms with van der Waals surface area (Å²) in [6.45, 7) is 0.426. The van der Waals surface area contributed by atoms with Gasteiger partial charge in [0.1, 0.15) is 17.9 Å². The Morgan fingerprint density at radius 2 is 1.70 bits per heavy atom. The van der Waals surface area contributed by atoms with Gasteiger partial charge in [-0.1, -0.05) is 54.1 Å². The highest BCUT2D eigenvalue weighted by atomic mass is 35.5. The van der Waals surface area contributed by atoms with Gasteiger partial charge >= 0.3 is 0 Å². The van der Waals surface area contributed by atoms with E-state index in [-0.39, 0.29) is 11.3 Å². The van der Waals surface area contributed by atoms with Crippen molar-refractivity contribution in [3.8, 4) is 16.9 Å². The first-order valence-corrected chi connectivity index (χ1v) is 8.78. The molecule has 0 amide bonds. The molecule has 0 fully saturated rings. The summed E-state index contributed by atoms with van der Waals surface area (Å²) >= 11 is 5.92. The molecule has 0 saturated carbocycles. The van der Waals surface area contributed by atoms with Crippen molar-refractivity contribution in [3.63, 3.8) is 0 Å². The Hall–Kier alpha value is -3.24. The first-order chi connectivity index (χ1) is 13.1. The van der Waals surface area contributed by atoms with E-state index in [9.17, 15) is 4.79 Å². The number of rotatable bonds is 4. The molecule has 0 aliphatic heterocycles. The van der Waals surface area contributed by atoms with Crippen LogP contribution in [0.25, 0.3) is 22.1 Å². The summed E-state index contributed by atoms with van der Waals surface area (Å²) in [4.78, 5) is 12.9.